The van der Waals surface area contributed by atoms with Gasteiger partial charge in [0.1, 0.15) is 19.0 Å². The molecule has 1 amide bonds. The van der Waals surface area contributed by atoms with Crippen molar-refractivity contribution in [2.75, 3.05) is 18.5 Å². The van der Waals surface area contributed by atoms with Gasteiger partial charge in [0.05, 0.1) is 27.7 Å². The highest BCUT2D eigenvalue weighted by Gasteiger charge is 2.18. The van der Waals surface area contributed by atoms with Crippen molar-refractivity contribution in [3.63, 3.8) is 0 Å². The molecule has 1 aliphatic rings. The Balaban J connectivity index is 1.53. The molecule has 0 unspecified atom stereocenters. The molecule has 9 nitrogen and oxygen atoms in total. The van der Waals surface area contributed by atoms with Crippen molar-refractivity contribution in [3.05, 3.63) is 68.9 Å². The van der Waals surface area contributed by atoms with E-state index < -0.39 is 4.92 Å². The molecule has 3 aromatic rings. The Morgan fingerprint density at radius 3 is 2.70 bits per heavy atom. The molecular formula is C20H17ClN4O5. The van der Waals surface area contributed by atoms with Gasteiger partial charge >= 0.3 is 0 Å². The lowest BCUT2D eigenvalue weighted by atomic mass is 10.1. The number of hydrogen-bond acceptors (Lipinski definition) is 6. The number of carbonyl (C=O) groups is 1. The van der Waals surface area contributed by atoms with E-state index in [0.29, 0.717) is 52.5 Å². The minimum atomic E-state index is -0.473. The van der Waals surface area contributed by atoms with Gasteiger partial charge in [-0.3, -0.25) is 14.9 Å². The van der Waals surface area contributed by atoms with Gasteiger partial charge in [0.2, 0.25) is 5.91 Å². The number of carbonyl (C=O) groups excluding carboxylic acids is 1. The Hall–Kier alpha value is -3.59. The molecule has 0 atom stereocenters. The Kier molecular flexibility index (Phi) is 5.28. The monoisotopic (exact) mass is 428 g/mol. The van der Waals surface area contributed by atoms with E-state index in [1.807, 2.05) is 0 Å². The number of hydrogen-bond donors (Lipinski definition) is 1. The summed E-state index contributed by atoms with van der Waals surface area (Å²) in [6.07, 6.45) is 0.0703. The molecular weight excluding hydrogens is 412 g/mol. The highest BCUT2D eigenvalue weighted by molar-refractivity contribution is 6.32. The number of nitro groups is 1. The van der Waals surface area contributed by atoms with Gasteiger partial charge in [-0.15, -0.1) is 0 Å². The summed E-state index contributed by atoms with van der Waals surface area (Å²) in [5, 5.41) is 18.4. The molecule has 1 aromatic heterocycles. The molecule has 1 N–H and O–H groups in total. The molecule has 0 saturated carbocycles. The molecule has 10 heteroatoms. The van der Waals surface area contributed by atoms with E-state index in [-0.39, 0.29) is 18.0 Å². The van der Waals surface area contributed by atoms with Crippen LogP contribution in [0.4, 0.5) is 11.5 Å². The second-order valence-electron chi connectivity index (χ2n) is 6.68. The standard InChI is InChI=1S/C20H17ClN4O5/c1-12-8-18(24(23-12)14-2-4-15(5-3-14)25(27)28)22-19(26)11-13-9-16(21)20-17(10-13)29-6-7-30-20/h2-5,8-10H,6-7,11H2,1H3,(H,22,26). The van der Waals surface area contributed by atoms with Gasteiger partial charge in [0.15, 0.2) is 11.5 Å². The maximum absolute atomic E-state index is 12.6. The Bertz CT molecular complexity index is 1130. The third kappa shape index (κ3) is 4.06. The maximum atomic E-state index is 12.6. The summed E-state index contributed by atoms with van der Waals surface area (Å²) < 4.78 is 12.6. The number of anilines is 1. The predicted octanol–water partition coefficient (Wildman–Crippen LogP) is 3.69. The molecule has 0 radical (unpaired) electrons. The van der Waals surface area contributed by atoms with Crippen LogP contribution >= 0.6 is 11.6 Å². The molecule has 4 rings (SSSR count). The van der Waals surface area contributed by atoms with Crippen molar-refractivity contribution < 1.29 is 19.2 Å². The van der Waals surface area contributed by atoms with Crippen LogP contribution < -0.4 is 14.8 Å². The van der Waals surface area contributed by atoms with E-state index in [2.05, 4.69) is 10.4 Å². The van der Waals surface area contributed by atoms with Crippen LogP contribution in [0.1, 0.15) is 11.3 Å². The number of aromatic nitrogens is 2. The van der Waals surface area contributed by atoms with Gasteiger partial charge in [0, 0.05) is 18.2 Å². The Morgan fingerprint density at radius 2 is 1.97 bits per heavy atom. The van der Waals surface area contributed by atoms with Crippen molar-refractivity contribution >= 4 is 29.0 Å². The number of non-ortho nitro benzene ring substituents is 1. The van der Waals surface area contributed by atoms with E-state index in [0.717, 1.165) is 0 Å². The Labute approximate surface area is 176 Å². The molecule has 154 valence electrons. The average Bonchev–Trinajstić information content (AvgIpc) is 3.08. The molecule has 0 fully saturated rings. The zero-order valence-corrected chi connectivity index (χ0v) is 16.7. The largest absolute Gasteiger partial charge is 0.486 e. The molecule has 2 aromatic carbocycles. The van der Waals surface area contributed by atoms with Crippen LogP contribution in [0.15, 0.2) is 42.5 Å². The minimum Gasteiger partial charge on any atom is -0.486 e. The van der Waals surface area contributed by atoms with Gasteiger partial charge < -0.3 is 14.8 Å². The lowest BCUT2D eigenvalue weighted by Gasteiger charge is -2.20. The van der Waals surface area contributed by atoms with Gasteiger partial charge in [-0.05, 0) is 36.8 Å². The number of halogens is 1. The summed E-state index contributed by atoms with van der Waals surface area (Å²) in [6, 6.07) is 11.0. The summed E-state index contributed by atoms with van der Waals surface area (Å²) in [6.45, 7) is 2.64. The first-order chi connectivity index (χ1) is 14.4. The second kappa shape index (κ2) is 8.03. The third-order valence-corrected chi connectivity index (χ3v) is 4.71. The summed E-state index contributed by atoms with van der Waals surface area (Å²) in [7, 11) is 0. The quantitative estimate of drug-likeness (QED) is 0.490. The van der Waals surface area contributed by atoms with Crippen molar-refractivity contribution in [3.8, 4) is 17.2 Å². The fourth-order valence-corrected chi connectivity index (χ4v) is 3.43. The highest BCUT2D eigenvalue weighted by atomic mass is 35.5. The van der Waals surface area contributed by atoms with E-state index >= 15 is 0 Å². The first kappa shape index (κ1) is 19.7. The topological polar surface area (TPSA) is 109 Å². The summed E-state index contributed by atoms with van der Waals surface area (Å²) in [4.78, 5) is 23.0. The van der Waals surface area contributed by atoms with E-state index in [1.165, 1.54) is 16.8 Å². The van der Waals surface area contributed by atoms with Gasteiger partial charge in [-0.1, -0.05) is 11.6 Å². The number of fused-ring (bicyclic) bond motifs is 1. The molecule has 2 heterocycles. The normalized spacial score (nSPS) is 12.5. The SMILES string of the molecule is Cc1cc(NC(=O)Cc2cc(Cl)c3c(c2)OCCO3)n(-c2ccc([N+](=O)[O-])cc2)n1. The van der Waals surface area contributed by atoms with Crippen molar-refractivity contribution in [2.24, 2.45) is 0 Å². The molecule has 0 aliphatic carbocycles. The average molecular weight is 429 g/mol. The number of nitrogens with one attached hydrogen (secondary N) is 1. The fourth-order valence-electron chi connectivity index (χ4n) is 3.14. The van der Waals surface area contributed by atoms with E-state index in [9.17, 15) is 14.9 Å². The first-order valence-corrected chi connectivity index (χ1v) is 9.48. The first-order valence-electron chi connectivity index (χ1n) is 9.10. The molecule has 0 spiro atoms. The number of rotatable bonds is 5. The van der Waals surface area contributed by atoms with Crippen LogP contribution in [0.2, 0.25) is 5.02 Å². The van der Waals surface area contributed by atoms with E-state index in [1.54, 1.807) is 37.3 Å². The zero-order valence-electron chi connectivity index (χ0n) is 15.9. The van der Waals surface area contributed by atoms with Gasteiger partial charge in [0.25, 0.3) is 5.69 Å². The van der Waals surface area contributed by atoms with Crippen LogP contribution in [-0.4, -0.2) is 33.8 Å². The van der Waals surface area contributed by atoms with Gasteiger partial charge in [-0.2, -0.15) is 5.10 Å². The van der Waals surface area contributed by atoms with E-state index in [4.69, 9.17) is 21.1 Å². The summed E-state index contributed by atoms with van der Waals surface area (Å²) in [5.74, 6) is 1.18. The lowest BCUT2D eigenvalue weighted by molar-refractivity contribution is -0.384. The number of nitrogens with zero attached hydrogens (tertiary/aromatic N) is 3. The maximum Gasteiger partial charge on any atom is 0.269 e. The molecule has 30 heavy (non-hydrogen) atoms. The number of ether oxygens (including phenoxy) is 2. The van der Waals surface area contributed by atoms with Crippen molar-refractivity contribution in [1.82, 2.24) is 9.78 Å². The Morgan fingerprint density at radius 1 is 1.23 bits per heavy atom. The van der Waals surface area contributed by atoms with Crippen molar-refractivity contribution in [2.45, 2.75) is 13.3 Å². The minimum absolute atomic E-state index is 0.0244. The smallest absolute Gasteiger partial charge is 0.269 e. The highest BCUT2D eigenvalue weighted by Crippen LogP contribution is 2.38. The van der Waals surface area contributed by atoms with Crippen LogP contribution in [0.3, 0.4) is 0 Å². The van der Waals surface area contributed by atoms with Crippen LogP contribution in [0, 0.1) is 17.0 Å². The van der Waals surface area contributed by atoms with Crippen LogP contribution in [0.25, 0.3) is 5.69 Å². The summed E-state index contributed by atoms with van der Waals surface area (Å²) in [5.41, 5.74) is 1.93. The van der Waals surface area contributed by atoms with Gasteiger partial charge in [-0.25, -0.2) is 4.68 Å². The lowest BCUT2D eigenvalue weighted by Crippen LogP contribution is -2.18. The number of nitro benzene ring substituents is 1. The predicted molar refractivity (Wildman–Crippen MR) is 110 cm³/mol. The third-order valence-electron chi connectivity index (χ3n) is 4.43. The second-order valence-corrected chi connectivity index (χ2v) is 7.09. The van der Waals surface area contributed by atoms with Crippen molar-refractivity contribution in [1.29, 1.82) is 0 Å². The van der Waals surface area contributed by atoms with Crippen LogP contribution in [0.5, 0.6) is 11.5 Å². The molecule has 0 saturated heterocycles. The molecule has 0 bridgehead atoms. The number of amides is 1. The number of benzene rings is 2. The fraction of sp³-hybridized carbons (Fsp3) is 0.200. The summed E-state index contributed by atoms with van der Waals surface area (Å²) >= 11 is 6.24. The van der Waals surface area contributed by atoms with Crippen LogP contribution in [-0.2, 0) is 11.2 Å². The molecule has 1 aliphatic heterocycles. The number of aryl methyl sites for hydroxylation is 1. The zero-order chi connectivity index (χ0) is 21.3.